The SMILES string of the molecule is COCCN(C)C(=O)CCN1CCNCC1. The molecule has 0 atom stereocenters. The maximum absolute atomic E-state index is 11.7. The normalized spacial score (nSPS) is 17.4. The monoisotopic (exact) mass is 229 g/mol. The van der Waals surface area contributed by atoms with E-state index in [0.29, 0.717) is 19.6 Å². The molecule has 0 aliphatic carbocycles. The molecule has 5 heteroatoms. The van der Waals surface area contributed by atoms with Crippen molar-refractivity contribution < 1.29 is 9.53 Å². The van der Waals surface area contributed by atoms with Gasteiger partial charge in [-0.2, -0.15) is 0 Å². The highest BCUT2D eigenvalue weighted by atomic mass is 16.5. The van der Waals surface area contributed by atoms with Crippen LogP contribution in [0.5, 0.6) is 0 Å². The average molecular weight is 229 g/mol. The molecule has 16 heavy (non-hydrogen) atoms. The van der Waals surface area contributed by atoms with Crippen LogP contribution in [0.15, 0.2) is 0 Å². The topological polar surface area (TPSA) is 44.8 Å². The first-order valence-corrected chi connectivity index (χ1v) is 5.90. The number of amides is 1. The van der Waals surface area contributed by atoms with Gasteiger partial charge in [-0.05, 0) is 0 Å². The number of piperazine rings is 1. The lowest BCUT2D eigenvalue weighted by Crippen LogP contribution is -2.44. The Bertz CT molecular complexity index is 205. The van der Waals surface area contributed by atoms with Crippen LogP contribution in [0, 0.1) is 0 Å². The number of rotatable bonds is 6. The lowest BCUT2D eigenvalue weighted by atomic mass is 10.3. The zero-order valence-electron chi connectivity index (χ0n) is 10.4. The van der Waals surface area contributed by atoms with Gasteiger partial charge in [-0.25, -0.2) is 0 Å². The van der Waals surface area contributed by atoms with Crippen LogP contribution in [0.2, 0.25) is 0 Å². The van der Waals surface area contributed by atoms with Crippen LogP contribution < -0.4 is 5.32 Å². The molecule has 1 N–H and O–H groups in total. The third kappa shape index (κ3) is 4.92. The molecule has 0 spiro atoms. The van der Waals surface area contributed by atoms with Gasteiger partial charge in [0.2, 0.25) is 5.91 Å². The minimum atomic E-state index is 0.204. The van der Waals surface area contributed by atoms with Gasteiger partial charge < -0.3 is 19.9 Å². The molecule has 0 aromatic rings. The number of carbonyl (C=O) groups is 1. The Morgan fingerprint density at radius 2 is 2.12 bits per heavy atom. The molecule has 5 nitrogen and oxygen atoms in total. The highest BCUT2D eigenvalue weighted by molar-refractivity contribution is 5.76. The van der Waals surface area contributed by atoms with Crippen LogP contribution in [0.25, 0.3) is 0 Å². The second-order valence-electron chi connectivity index (χ2n) is 4.15. The van der Waals surface area contributed by atoms with Crippen molar-refractivity contribution in [3.05, 3.63) is 0 Å². The van der Waals surface area contributed by atoms with Gasteiger partial charge >= 0.3 is 0 Å². The summed E-state index contributed by atoms with van der Waals surface area (Å²) < 4.78 is 4.94. The van der Waals surface area contributed by atoms with Gasteiger partial charge in [0, 0.05) is 59.8 Å². The maximum atomic E-state index is 11.7. The number of carbonyl (C=O) groups excluding carboxylic acids is 1. The Morgan fingerprint density at radius 3 is 2.75 bits per heavy atom. The molecular weight excluding hydrogens is 206 g/mol. The fourth-order valence-corrected chi connectivity index (χ4v) is 1.73. The number of hydrogen-bond donors (Lipinski definition) is 1. The minimum Gasteiger partial charge on any atom is -0.383 e. The van der Waals surface area contributed by atoms with Crippen LogP contribution in [0.3, 0.4) is 0 Å². The van der Waals surface area contributed by atoms with Crippen molar-refractivity contribution in [1.82, 2.24) is 15.1 Å². The summed E-state index contributed by atoms with van der Waals surface area (Å²) in [6, 6.07) is 0. The first-order valence-electron chi connectivity index (χ1n) is 5.90. The highest BCUT2D eigenvalue weighted by Crippen LogP contribution is 1.97. The molecule has 1 saturated heterocycles. The van der Waals surface area contributed by atoms with E-state index in [1.165, 1.54) is 0 Å². The second-order valence-corrected chi connectivity index (χ2v) is 4.15. The largest absolute Gasteiger partial charge is 0.383 e. The Hall–Kier alpha value is -0.650. The van der Waals surface area contributed by atoms with Gasteiger partial charge in [-0.3, -0.25) is 4.79 Å². The third-order valence-electron chi connectivity index (χ3n) is 2.91. The van der Waals surface area contributed by atoms with Crippen LogP contribution in [0.4, 0.5) is 0 Å². The first kappa shape index (κ1) is 13.4. The van der Waals surface area contributed by atoms with E-state index in [-0.39, 0.29) is 5.91 Å². The summed E-state index contributed by atoms with van der Waals surface area (Å²) in [5, 5.41) is 3.30. The summed E-state index contributed by atoms with van der Waals surface area (Å²) in [5.41, 5.74) is 0. The fourth-order valence-electron chi connectivity index (χ4n) is 1.73. The molecule has 0 aromatic heterocycles. The molecule has 1 heterocycles. The van der Waals surface area contributed by atoms with E-state index in [9.17, 15) is 4.79 Å². The van der Waals surface area contributed by atoms with E-state index in [0.717, 1.165) is 32.7 Å². The number of hydrogen-bond acceptors (Lipinski definition) is 4. The minimum absolute atomic E-state index is 0.204. The molecule has 0 radical (unpaired) electrons. The van der Waals surface area contributed by atoms with Gasteiger partial charge in [0.05, 0.1) is 6.61 Å². The number of nitrogens with zero attached hydrogens (tertiary/aromatic N) is 2. The van der Waals surface area contributed by atoms with Crippen molar-refractivity contribution in [2.75, 3.05) is 60.0 Å². The van der Waals surface area contributed by atoms with Crippen LogP contribution in [0.1, 0.15) is 6.42 Å². The molecular formula is C11H23N3O2. The Balaban J connectivity index is 2.12. The molecule has 1 aliphatic rings. The van der Waals surface area contributed by atoms with Crippen molar-refractivity contribution in [2.45, 2.75) is 6.42 Å². The summed E-state index contributed by atoms with van der Waals surface area (Å²) in [6.07, 6.45) is 0.611. The van der Waals surface area contributed by atoms with Crippen molar-refractivity contribution >= 4 is 5.91 Å². The standard InChI is InChI=1S/C11H23N3O2/c1-13(9-10-16-2)11(15)3-6-14-7-4-12-5-8-14/h12H,3-10H2,1-2H3. The van der Waals surface area contributed by atoms with Crippen molar-refractivity contribution in [3.63, 3.8) is 0 Å². The zero-order chi connectivity index (χ0) is 11.8. The Labute approximate surface area is 97.7 Å². The van der Waals surface area contributed by atoms with E-state index in [4.69, 9.17) is 4.74 Å². The Kier molecular flexibility index (Phi) is 6.37. The van der Waals surface area contributed by atoms with Gasteiger partial charge in [-0.1, -0.05) is 0 Å². The molecule has 1 rings (SSSR count). The predicted octanol–water partition coefficient (Wildman–Crippen LogP) is -0.613. The van der Waals surface area contributed by atoms with Crippen LogP contribution >= 0.6 is 0 Å². The summed E-state index contributed by atoms with van der Waals surface area (Å²) >= 11 is 0. The number of nitrogens with one attached hydrogen (secondary N) is 1. The lowest BCUT2D eigenvalue weighted by molar-refractivity contribution is -0.130. The number of likely N-dealkylation sites (N-methyl/N-ethyl adjacent to an activating group) is 1. The summed E-state index contributed by atoms with van der Waals surface area (Å²) in [5.74, 6) is 0.204. The molecule has 0 aromatic carbocycles. The quantitative estimate of drug-likeness (QED) is 0.660. The fraction of sp³-hybridized carbons (Fsp3) is 0.909. The van der Waals surface area contributed by atoms with E-state index >= 15 is 0 Å². The van der Waals surface area contributed by atoms with Gasteiger partial charge in [0.1, 0.15) is 0 Å². The second kappa shape index (κ2) is 7.60. The maximum Gasteiger partial charge on any atom is 0.223 e. The molecule has 0 saturated carbocycles. The average Bonchev–Trinajstić information content (AvgIpc) is 2.34. The highest BCUT2D eigenvalue weighted by Gasteiger charge is 2.13. The van der Waals surface area contributed by atoms with Crippen LogP contribution in [-0.2, 0) is 9.53 Å². The lowest BCUT2D eigenvalue weighted by Gasteiger charge is -2.27. The van der Waals surface area contributed by atoms with E-state index in [1.807, 2.05) is 7.05 Å². The molecule has 94 valence electrons. The third-order valence-corrected chi connectivity index (χ3v) is 2.91. The molecule has 1 aliphatic heterocycles. The molecule has 1 fully saturated rings. The van der Waals surface area contributed by atoms with Crippen molar-refractivity contribution in [2.24, 2.45) is 0 Å². The molecule has 0 unspecified atom stereocenters. The van der Waals surface area contributed by atoms with Gasteiger partial charge in [0.25, 0.3) is 0 Å². The number of methoxy groups -OCH3 is 1. The van der Waals surface area contributed by atoms with Gasteiger partial charge in [0.15, 0.2) is 0 Å². The summed E-state index contributed by atoms with van der Waals surface area (Å²) in [4.78, 5) is 15.8. The Morgan fingerprint density at radius 1 is 1.44 bits per heavy atom. The molecule has 1 amide bonds. The number of ether oxygens (including phenoxy) is 1. The van der Waals surface area contributed by atoms with E-state index in [1.54, 1.807) is 12.0 Å². The summed E-state index contributed by atoms with van der Waals surface area (Å²) in [7, 11) is 3.48. The van der Waals surface area contributed by atoms with Crippen molar-refractivity contribution in [3.8, 4) is 0 Å². The summed E-state index contributed by atoms with van der Waals surface area (Å²) in [6.45, 7) is 6.33. The zero-order valence-corrected chi connectivity index (χ0v) is 10.4. The van der Waals surface area contributed by atoms with E-state index in [2.05, 4.69) is 10.2 Å². The van der Waals surface area contributed by atoms with Crippen molar-refractivity contribution in [1.29, 1.82) is 0 Å². The van der Waals surface area contributed by atoms with Gasteiger partial charge in [-0.15, -0.1) is 0 Å². The smallest absolute Gasteiger partial charge is 0.223 e. The molecule has 0 bridgehead atoms. The van der Waals surface area contributed by atoms with Crippen LogP contribution in [-0.4, -0.2) is 75.7 Å². The van der Waals surface area contributed by atoms with E-state index < -0.39 is 0 Å². The first-order chi connectivity index (χ1) is 7.74. The predicted molar refractivity (Wildman–Crippen MR) is 63.4 cm³/mol.